The molecule has 0 radical (unpaired) electrons. The number of halogens is 4. The lowest BCUT2D eigenvalue weighted by molar-refractivity contribution is -0.137. The Morgan fingerprint density at radius 3 is 2.84 bits per heavy atom. The number of rotatable bonds is 2. The van der Waals surface area contributed by atoms with Crippen molar-refractivity contribution in [3.05, 3.63) is 22.3 Å². The Morgan fingerprint density at radius 2 is 2.21 bits per heavy atom. The molecule has 1 aliphatic rings. The molecule has 1 fully saturated rings. The van der Waals surface area contributed by atoms with E-state index in [1.807, 2.05) is 6.92 Å². The number of anilines is 1. The Morgan fingerprint density at radius 1 is 1.47 bits per heavy atom. The highest BCUT2D eigenvalue weighted by molar-refractivity contribution is 9.10. The van der Waals surface area contributed by atoms with Crippen LogP contribution in [0.5, 0.6) is 0 Å². The average Bonchev–Trinajstić information content (AvgIpc) is 2.30. The van der Waals surface area contributed by atoms with Crippen LogP contribution in [0, 0.1) is 0 Å². The van der Waals surface area contributed by atoms with Crippen LogP contribution in [0.15, 0.2) is 16.7 Å². The highest BCUT2D eigenvalue weighted by Gasteiger charge is 2.35. The zero-order valence-corrected chi connectivity index (χ0v) is 12.0. The predicted molar refractivity (Wildman–Crippen MR) is 71.0 cm³/mol. The quantitative estimate of drug-likeness (QED) is 0.868. The van der Waals surface area contributed by atoms with Gasteiger partial charge in [0.15, 0.2) is 0 Å². The van der Waals surface area contributed by atoms with Gasteiger partial charge >= 0.3 is 6.18 Å². The zero-order valence-electron chi connectivity index (χ0n) is 10.4. The van der Waals surface area contributed by atoms with Crippen molar-refractivity contribution in [1.29, 1.82) is 0 Å². The van der Waals surface area contributed by atoms with Crippen LogP contribution in [0.25, 0.3) is 0 Å². The van der Waals surface area contributed by atoms with Gasteiger partial charge in [-0.1, -0.05) is 0 Å². The lowest BCUT2D eigenvalue weighted by atomic mass is 10.0. The number of piperidine rings is 1. The molecule has 1 saturated heterocycles. The van der Waals surface area contributed by atoms with Crippen LogP contribution in [0.1, 0.15) is 25.3 Å². The van der Waals surface area contributed by atoms with Crippen molar-refractivity contribution in [2.24, 2.45) is 0 Å². The Labute approximate surface area is 118 Å². The SMILES string of the molecule is CC1CC(Nc2ncc(Br)cc2C(F)(F)F)CCN1. The number of nitrogens with one attached hydrogen (secondary N) is 2. The standard InChI is InChI=1S/C12H15BrF3N3/c1-7-4-9(2-3-17-7)19-11-10(12(14,15)16)5-8(13)6-18-11/h5-7,9,17H,2-4H2,1H3,(H,18,19). The van der Waals surface area contributed by atoms with Crippen molar-refractivity contribution in [2.45, 2.75) is 38.0 Å². The van der Waals surface area contributed by atoms with Gasteiger partial charge in [0.25, 0.3) is 0 Å². The maximum Gasteiger partial charge on any atom is 0.419 e. The molecule has 0 saturated carbocycles. The summed E-state index contributed by atoms with van der Waals surface area (Å²) in [5.74, 6) is -0.0881. The molecule has 0 bridgehead atoms. The fraction of sp³-hybridized carbons (Fsp3) is 0.583. The van der Waals surface area contributed by atoms with Crippen molar-refractivity contribution < 1.29 is 13.2 Å². The first kappa shape index (κ1) is 14.6. The van der Waals surface area contributed by atoms with Gasteiger partial charge in [0.2, 0.25) is 0 Å². The molecule has 0 aliphatic carbocycles. The van der Waals surface area contributed by atoms with Crippen LogP contribution in [0.4, 0.5) is 19.0 Å². The van der Waals surface area contributed by atoms with Crippen LogP contribution in [-0.4, -0.2) is 23.6 Å². The number of pyridine rings is 1. The van der Waals surface area contributed by atoms with E-state index in [1.54, 1.807) is 0 Å². The van der Waals surface area contributed by atoms with Gasteiger partial charge < -0.3 is 10.6 Å². The smallest absolute Gasteiger partial charge is 0.367 e. The maximum absolute atomic E-state index is 12.9. The van der Waals surface area contributed by atoms with Crippen LogP contribution >= 0.6 is 15.9 Å². The minimum Gasteiger partial charge on any atom is -0.367 e. The molecule has 1 aromatic heterocycles. The summed E-state index contributed by atoms with van der Waals surface area (Å²) in [5.41, 5.74) is -0.729. The molecule has 106 valence electrons. The monoisotopic (exact) mass is 337 g/mol. The number of alkyl halides is 3. The van der Waals surface area contributed by atoms with Gasteiger partial charge in [0, 0.05) is 22.8 Å². The first-order chi connectivity index (χ1) is 8.86. The van der Waals surface area contributed by atoms with Gasteiger partial charge in [-0.2, -0.15) is 13.2 Å². The molecule has 1 aromatic rings. The molecule has 2 atom stereocenters. The van der Waals surface area contributed by atoms with Crippen LogP contribution < -0.4 is 10.6 Å². The van der Waals surface area contributed by atoms with Gasteiger partial charge in [-0.15, -0.1) is 0 Å². The Kier molecular flexibility index (Phi) is 4.35. The van der Waals surface area contributed by atoms with E-state index in [0.717, 1.165) is 25.5 Å². The highest BCUT2D eigenvalue weighted by Crippen LogP contribution is 2.35. The van der Waals surface area contributed by atoms with Crippen molar-refractivity contribution in [3.8, 4) is 0 Å². The summed E-state index contributed by atoms with van der Waals surface area (Å²) in [6.45, 7) is 2.82. The summed E-state index contributed by atoms with van der Waals surface area (Å²) in [6.07, 6.45) is -1.45. The molecule has 2 unspecified atom stereocenters. The van der Waals surface area contributed by atoms with Crippen LogP contribution in [0.3, 0.4) is 0 Å². The third-order valence-electron chi connectivity index (χ3n) is 3.12. The minimum atomic E-state index is -4.41. The lowest BCUT2D eigenvalue weighted by Gasteiger charge is -2.29. The first-order valence-electron chi connectivity index (χ1n) is 6.09. The van der Waals surface area contributed by atoms with Gasteiger partial charge in [-0.05, 0) is 48.3 Å². The molecule has 19 heavy (non-hydrogen) atoms. The topological polar surface area (TPSA) is 37.0 Å². The van der Waals surface area contributed by atoms with Crippen molar-refractivity contribution >= 4 is 21.7 Å². The molecule has 3 nitrogen and oxygen atoms in total. The van der Waals surface area contributed by atoms with Gasteiger partial charge in [0.05, 0.1) is 5.56 Å². The first-order valence-corrected chi connectivity index (χ1v) is 6.88. The summed E-state index contributed by atoms with van der Waals surface area (Å²) in [4.78, 5) is 3.87. The maximum atomic E-state index is 12.9. The fourth-order valence-corrected chi connectivity index (χ4v) is 2.56. The lowest BCUT2D eigenvalue weighted by Crippen LogP contribution is -2.41. The predicted octanol–water partition coefficient (Wildman–Crippen LogP) is 3.42. The highest BCUT2D eigenvalue weighted by atomic mass is 79.9. The van der Waals surface area contributed by atoms with E-state index < -0.39 is 11.7 Å². The Bertz CT molecular complexity index is 450. The van der Waals surface area contributed by atoms with E-state index in [2.05, 4.69) is 31.5 Å². The third-order valence-corrected chi connectivity index (χ3v) is 3.56. The fourth-order valence-electron chi connectivity index (χ4n) is 2.23. The summed E-state index contributed by atoms with van der Waals surface area (Å²) < 4.78 is 39.2. The van der Waals surface area contributed by atoms with Gasteiger partial charge in [-0.3, -0.25) is 0 Å². The van der Waals surface area contributed by atoms with Crippen molar-refractivity contribution in [2.75, 3.05) is 11.9 Å². The van der Waals surface area contributed by atoms with E-state index in [-0.39, 0.29) is 11.9 Å². The molecule has 7 heteroatoms. The van der Waals surface area contributed by atoms with Crippen LogP contribution in [-0.2, 0) is 6.18 Å². The zero-order chi connectivity index (χ0) is 14.0. The molecule has 0 aromatic carbocycles. The molecular formula is C12H15BrF3N3. The molecule has 1 aliphatic heterocycles. The van der Waals surface area contributed by atoms with Gasteiger partial charge in [0.1, 0.15) is 5.82 Å². The molecule has 2 N–H and O–H groups in total. The normalized spacial score (nSPS) is 24.3. The second kappa shape index (κ2) is 5.66. The van der Waals surface area contributed by atoms with Crippen molar-refractivity contribution in [3.63, 3.8) is 0 Å². The number of aromatic nitrogens is 1. The molecule has 0 spiro atoms. The number of hydrogen-bond donors (Lipinski definition) is 2. The summed E-state index contributed by atoms with van der Waals surface area (Å²) >= 11 is 3.02. The van der Waals surface area contributed by atoms with E-state index in [9.17, 15) is 13.2 Å². The largest absolute Gasteiger partial charge is 0.419 e. The summed E-state index contributed by atoms with van der Waals surface area (Å²) in [6, 6.07) is 1.38. The van der Waals surface area contributed by atoms with Gasteiger partial charge in [-0.25, -0.2) is 4.98 Å². The molecule has 2 heterocycles. The van der Waals surface area contributed by atoms with E-state index >= 15 is 0 Å². The van der Waals surface area contributed by atoms with E-state index in [1.165, 1.54) is 6.20 Å². The minimum absolute atomic E-state index is 0.0195. The third kappa shape index (κ3) is 3.82. The average molecular weight is 338 g/mol. The summed E-state index contributed by atoms with van der Waals surface area (Å²) in [7, 11) is 0. The number of hydrogen-bond acceptors (Lipinski definition) is 3. The van der Waals surface area contributed by atoms with E-state index in [0.29, 0.717) is 10.5 Å². The van der Waals surface area contributed by atoms with Crippen molar-refractivity contribution in [1.82, 2.24) is 10.3 Å². The molecular weight excluding hydrogens is 323 g/mol. The Balaban J connectivity index is 2.20. The number of nitrogens with zero attached hydrogens (tertiary/aromatic N) is 1. The van der Waals surface area contributed by atoms with Crippen LogP contribution in [0.2, 0.25) is 0 Å². The molecule has 2 rings (SSSR count). The summed E-state index contributed by atoms with van der Waals surface area (Å²) in [5, 5.41) is 6.18. The Hall–Kier alpha value is -0.820. The second-order valence-electron chi connectivity index (χ2n) is 4.77. The second-order valence-corrected chi connectivity index (χ2v) is 5.68. The van der Waals surface area contributed by atoms with E-state index in [4.69, 9.17) is 0 Å². The molecule has 0 amide bonds.